The van der Waals surface area contributed by atoms with E-state index in [1.165, 1.54) is 6.07 Å². The second-order valence-electron chi connectivity index (χ2n) is 5.84. The number of nitrogens with one attached hydrogen (secondary N) is 1. The molecule has 1 N–H and O–H groups in total. The molecule has 0 saturated carbocycles. The Morgan fingerprint density at radius 1 is 1.19 bits per heavy atom. The molecule has 0 radical (unpaired) electrons. The third-order valence-corrected chi connectivity index (χ3v) is 3.88. The zero-order valence-corrected chi connectivity index (χ0v) is 14.3. The van der Waals surface area contributed by atoms with Crippen molar-refractivity contribution in [3.8, 4) is 11.8 Å². The number of amides is 1. The number of aryl methyl sites for hydroxylation is 1. The number of carbonyl (C=O) groups excluding carboxylic acids is 1. The smallest absolute Gasteiger partial charge is 0.336 e. The van der Waals surface area contributed by atoms with Gasteiger partial charge in [0.1, 0.15) is 11.3 Å². The highest BCUT2D eigenvalue weighted by Gasteiger charge is 2.15. The van der Waals surface area contributed by atoms with Crippen LogP contribution < -0.4 is 15.7 Å². The van der Waals surface area contributed by atoms with Crippen LogP contribution in [-0.2, 0) is 4.79 Å². The summed E-state index contributed by atoms with van der Waals surface area (Å²) < 4.78 is 10.8. The lowest BCUT2D eigenvalue weighted by atomic mass is 10.1. The molecule has 1 amide bonds. The standard InChI is InChI=1S/C20H16N2O4/c1-12-9-19(23)26-18-10-15(5-8-17(12)18)22-20(24)13(2)25-16-6-3-14(11-21)4-7-16/h3-10,13H,1-2H3,(H,22,24)/t13-/m1/s1. The van der Waals surface area contributed by atoms with E-state index in [4.69, 9.17) is 14.4 Å². The molecule has 0 aliphatic rings. The summed E-state index contributed by atoms with van der Waals surface area (Å²) in [6.45, 7) is 3.45. The highest BCUT2D eigenvalue weighted by Crippen LogP contribution is 2.21. The minimum absolute atomic E-state index is 0.344. The number of ether oxygens (including phenoxy) is 1. The number of hydrogen-bond acceptors (Lipinski definition) is 5. The zero-order valence-electron chi connectivity index (χ0n) is 14.3. The van der Waals surface area contributed by atoms with Crippen molar-refractivity contribution >= 4 is 22.6 Å². The summed E-state index contributed by atoms with van der Waals surface area (Å²) in [5, 5.41) is 12.3. The van der Waals surface area contributed by atoms with E-state index in [-0.39, 0.29) is 5.91 Å². The number of rotatable bonds is 4. The predicted octanol–water partition coefficient (Wildman–Crippen LogP) is 3.38. The maximum Gasteiger partial charge on any atom is 0.336 e. The van der Waals surface area contributed by atoms with Crippen LogP contribution in [0.3, 0.4) is 0 Å². The van der Waals surface area contributed by atoms with Gasteiger partial charge in [-0.1, -0.05) is 0 Å². The fourth-order valence-electron chi connectivity index (χ4n) is 2.51. The van der Waals surface area contributed by atoms with Gasteiger partial charge in [0.2, 0.25) is 0 Å². The molecule has 0 aliphatic carbocycles. The quantitative estimate of drug-likeness (QED) is 0.730. The average Bonchev–Trinajstić information content (AvgIpc) is 2.61. The van der Waals surface area contributed by atoms with Gasteiger partial charge in [-0.15, -0.1) is 0 Å². The van der Waals surface area contributed by atoms with E-state index in [9.17, 15) is 9.59 Å². The third kappa shape index (κ3) is 3.73. The van der Waals surface area contributed by atoms with E-state index in [0.29, 0.717) is 22.6 Å². The molecule has 3 rings (SSSR count). The summed E-state index contributed by atoms with van der Waals surface area (Å²) in [6, 6.07) is 15.1. The highest BCUT2D eigenvalue weighted by molar-refractivity contribution is 5.96. The van der Waals surface area contributed by atoms with Gasteiger partial charge in [0.25, 0.3) is 5.91 Å². The number of nitrogens with zero attached hydrogens (tertiary/aromatic N) is 1. The third-order valence-electron chi connectivity index (χ3n) is 3.88. The maximum absolute atomic E-state index is 12.3. The Morgan fingerprint density at radius 3 is 2.62 bits per heavy atom. The highest BCUT2D eigenvalue weighted by atomic mass is 16.5. The van der Waals surface area contributed by atoms with Gasteiger partial charge in [0.15, 0.2) is 6.10 Å². The summed E-state index contributed by atoms with van der Waals surface area (Å²) in [7, 11) is 0. The van der Waals surface area contributed by atoms with Crippen LogP contribution in [0.1, 0.15) is 18.1 Å². The lowest BCUT2D eigenvalue weighted by molar-refractivity contribution is -0.122. The molecule has 130 valence electrons. The van der Waals surface area contributed by atoms with Gasteiger partial charge in [-0.3, -0.25) is 4.79 Å². The molecule has 2 aromatic carbocycles. The van der Waals surface area contributed by atoms with Crippen molar-refractivity contribution in [1.29, 1.82) is 5.26 Å². The molecule has 26 heavy (non-hydrogen) atoms. The van der Waals surface area contributed by atoms with Gasteiger partial charge in [0.05, 0.1) is 11.6 Å². The molecule has 6 heteroatoms. The molecule has 0 aliphatic heterocycles. The molecule has 0 unspecified atom stereocenters. The first-order valence-electron chi connectivity index (χ1n) is 7.98. The summed E-state index contributed by atoms with van der Waals surface area (Å²) in [6.07, 6.45) is -0.747. The van der Waals surface area contributed by atoms with E-state index in [0.717, 1.165) is 10.9 Å². The largest absolute Gasteiger partial charge is 0.481 e. The molecule has 0 fully saturated rings. The molecule has 1 aromatic heterocycles. The summed E-state index contributed by atoms with van der Waals surface area (Å²) in [5.41, 5.74) is 1.81. The lowest BCUT2D eigenvalue weighted by Gasteiger charge is -2.15. The Balaban J connectivity index is 1.73. The Bertz CT molecular complexity index is 1060. The Hall–Kier alpha value is -3.59. The van der Waals surface area contributed by atoms with Crippen molar-refractivity contribution in [2.24, 2.45) is 0 Å². The molecular formula is C20H16N2O4. The van der Waals surface area contributed by atoms with E-state index in [1.54, 1.807) is 49.4 Å². The first-order chi connectivity index (χ1) is 12.5. The van der Waals surface area contributed by atoms with Gasteiger partial charge in [-0.2, -0.15) is 5.26 Å². The van der Waals surface area contributed by atoms with Gasteiger partial charge in [-0.25, -0.2) is 4.79 Å². The monoisotopic (exact) mass is 348 g/mol. The Labute approximate surface area is 149 Å². The molecule has 0 spiro atoms. The van der Waals surface area contributed by atoms with Crippen LogP contribution in [0.15, 0.2) is 57.7 Å². The number of carbonyl (C=O) groups is 1. The van der Waals surface area contributed by atoms with Crippen molar-refractivity contribution in [2.45, 2.75) is 20.0 Å². The normalized spacial score (nSPS) is 11.6. The lowest BCUT2D eigenvalue weighted by Crippen LogP contribution is -2.30. The molecular weight excluding hydrogens is 332 g/mol. The summed E-state index contributed by atoms with van der Waals surface area (Å²) in [4.78, 5) is 23.8. The number of anilines is 1. The molecule has 1 atom stereocenters. The molecule has 3 aromatic rings. The van der Waals surface area contributed by atoms with Crippen LogP contribution in [0.2, 0.25) is 0 Å². The molecule has 6 nitrogen and oxygen atoms in total. The first kappa shape index (κ1) is 17.2. The van der Waals surface area contributed by atoms with E-state index < -0.39 is 11.7 Å². The fraction of sp³-hybridized carbons (Fsp3) is 0.150. The maximum atomic E-state index is 12.3. The van der Waals surface area contributed by atoms with Gasteiger partial charge in [0, 0.05) is 23.2 Å². The second kappa shape index (κ2) is 7.11. The molecule has 1 heterocycles. The number of benzene rings is 2. The zero-order chi connectivity index (χ0) is 18.7. The molecule has 0 saturated heterocycles. The van der Waals surface area contributed by atoms with E-state index in [1.807, 2.05) is 13.0 Å². The second-order valence-corrected chi connectivity index (χ2v) is 5.84. The topological polar surface area (TPSA) is 92.3 Å². The van der Waals surface area contributed by atoms with Crippen molar-refractivity contribution < 1.29 is 13.9 Å². The van der Waals surface area contributed by atoms with Gasteiger partial charge >= 0.3 is 5.63 Å². The SMILES string of the molecule is Cc1cc(=O)oc2cc(NC(=O)[C@@H](C)Oc3ccc(C#N)cc3)ccc12. The Morgan fingerprint density at radius 2 is 1.92 bits per heavy atom. The van der Waals surface area contributed by atoms with Gasteiger partial charge < -0.3 is 14.5 Å². The van der Waals surface area contributed by atoms with Crippen LogP contribution in [0, 0.1) is 18.3 Å². The summed E-state index contributed by atoms with van der Waals surface area (Å²) >= 11 is 0. The summed E-state index contributed by atoms with van der Waals surface area (Å²) in [5.74, 6) is 0.149. The number of hydrogen-bond donors (Lipinski definition) is 1. The van der Waals surface area contributed by atoms with Crippen molar-refractivity contribution in [2.75, 3.05) is 5.32 Å². The van der Waals surface area contributed by atoms with E-state index >= 15 is 0 Å². The minimum Gasteiger partial charge on any atom is -0.481 e. The van der Waals surface area contributed by atoms with Crippen LogP contribution in [0.4, 0.5) is 5.69 Å². The van der Waals surface area contributed by atoms with Crippen molar-refractivity contribution in [3.05, 3.63) is 70.1 Å². The van der Waals surface area contributed by atoms with Crippen LogP contribution in [0.25, 0.3) is 11.0 Å². The van der Waals surface area contributed by atoms with Crippen LogP contribution in [-0.4, -0.2) is 12.0 Å². The first-order valence-corrected chi connectivity index (χ1v) is 7.98. The van der Waals surface area contributed by atoms with Crippen molar-refractivity contribution in [3.63, 3.8) is 0 Å². The number of nitriles is 1. The average molecular weight is 348 g/mol. The Kier molecular flexibility index (Phi) is 4.72. The van der Waals surface area contributed by atoms with Crippen molar-refractivity contribution in [1.82, 2.24) is 0 Å². The fourth-order valence-corrected chi connectivity index (χ4v) is 2.51. The molecule has 0 bridgehead atoms. The minimum atomic E-state index is -0.747. The van der Waals surface area contributed by atoms with Crippen LogP contribution in [0.5, 0.6) is 5.75 Å². The predicted molar refractivity (Wildman–Crippen MR) is 97.1 cm³/mol. The van der Waals surface area contributed by atoms with E-state index in [2.05, 4.69) is 5.32 Å². The van der Waals surface area contributed by atoms with Gasteiger partial charge in [-0.05, 0) is 55.8 Å². The number of fused-ring (bicyclic) bond motifs is 1. The van der Waals surface area contributed by atoms with Crippen LogP contribution >= 0.6 is 0 Å².